The summed E-state index contributed by atoms with van der Waals surface area (Å²) in [6, 6.07) is 2.37. The fraction of sp³-hybridized carbons (Fsp3) is 0.889. The van der Waals surface area contributed by atoms with E-state index in [-0.39, 0.29) is 0 Å². The van der Waals surface area contributed by atoms with Gasteiger partial charge in [0.15, 0.2) is 0 Å². The Kier molecular flexibility index (Phi) is 2.74. The van der Waals surface area contributed by atoms with Crippen molar-refractivity contribution >= 4 is 0 Å². The van der Waals surface area contributed by atoms with Gasteiger partial charge in [0.2, 0.25) is 0 Å². The number of nitrogens with zero attached hydrogens (tertiary/aromatic N) is 1. The van der Waals surface area contributed by atoms with Gasteiger partial charge in [-0.1, -0.05) is 26.2 Å². The smallest absolute Gasteiger partial charge is 0.0655 e. The van der Waals surface area contributed by atoms with Crippen molar-refractivity contribution in [2.24, 2.45) is 11.8 Å². The molecule has 2 atom stereocenters. The molecule has 0 aliphatic heterocycles. The Bertz CT molecular complexity index is 134. The van der Waals surface area contributed by atoms with E-state index in [0.29, 0.717) is 5.92 Å². The van der Waals surface area contributed by atoms with Crippen molar-refractivity contribution in [2.75, 3.05) is 0 Å². The maximum absolute atomic E-state index is 8.65. The molecule has 0 amide bonds. The largest absolute Gasteiger partial charge is 0.198 e. The summed E-state index contributed by atoms with van der Waals surface area (Å²) in [7, 11) is 0. The van der Waals surface area contributed by atoms with E-state index in [1.807, 2.05) is 0 Å². The monoisotopic (exact) mass is 137 g/mol. The molecule has 56 valence electrons. The van der Waals surface area contributed by atoms with Gasteiger partial charge in [-0.05, 0) is 18.8 Å². The van der Waals surface area contributed by atoms with Crippen LogP contribution in [0.25, 0.3) is 0 Å². The van der Waals surface area contributed by atoms with E-state index < -0.39 is 0 Å². The third-order valence-electron chi connectivity index (χ3n) is 2.54. The highest BCUT2D eigenvalue weighted by Gasteiger charge is 2.19. The lowest BCUT2D eigenvalue weighted by molar-refractivity contribution is 0.302. The Hall–Kier alpha value is -0.510. The summed E-state index contributed by atoms with van der Waals surface area (Å²) in [6.07, 6.45) is 6.20. The summed E-state index contributed by atoms with van der Waals surface area (Å²) in [5, 5.41) is 8.65. The molecule has 1 unspecified atom stereocenters. The van der Waals surface area contributed by atoms with Crippen LogP contribution in [0.5, 0.6) is 0 Å². The fourth-order valence-electron chi connectivity index (χ4n) is 1.78. The van der Waals surface area contributed by atoms with Crippen LogP contribution in [0.15, 0.2) is 0 Å². The summed E-state index contributed by atoms with van der Waals surface area (Å²) in [5.74, 6) is 1.22. The van der Waals surface area contributed by atoms with Crippen molar-refractivity contribution < 1.29 is 0 Å². The average Bonchev–Trinajstić information content (AvgIpc) is 2.05. The number of nitriles is 1. The third kappa shape index (κ3) is 1.73. The zero-order valence-corrected chi connectivity index (χ0v) is 6.64. The third-order valence-corrected chi connectivity index (χ3v) is 2.54. The Morgan fingerprint density at radius 1 is 1.50 bits per heavy atom. The van der Waals surface area contributed by atoms with Gasteiger partial charge in [-0.15, -0.1) is 0 Å². The lowest BCUT2D eigenvalue weighted by Crippen LogP contribution is -2.13. The average molecular weight is 137 g/mol. The highest BCUT2D eigenvalue weighted by Crippen LogP contribution is 2.30. The van der Waals surface area contributed by atoms with Crippen LogP contribution in [-0.2, 0) is 0 Å². The van der Waals surface area contributed by atoms with E-state index in [2.05, 4.69) is 13.0 Å². The highest BCUT2D eigenvalue weighted by atomic mass is 14.3. The summed E-state index contributed by atoms with van der Waals surface area (Å²) in [4.78, 5) is 0. The van der Waals surface area contributed by atoms with Crippen molar-refractivity contribution in [1.82, 2.24) is 0 Å². The number of hydrogen-bond donors (Lipinski definition) is 0. The van der Waals surface area contributed by atoms with Crippen molar-refractivity contribution in [3.05, 3.63) is 0 Å². The number of rotatable bonds is 1. The second kappa shape index (κ2) is 3.61. The molecule has 1 heteroatoms. The quantitative estimate of drug-likeness (QED) is 0.545. The van der Waals surface area contributed by atoms with Crippen molar-refractivity contribution in [2.45, 2.75) is 39.0 Å². The molecule has 0 bridgehead atoms. The first-order valence-corrected chi connectivity index (χ1v) is 4.26. The van der Waals surface area contributed by atoms with Crippen molar-refractivity contribution in [3.63, 3.8) is 0 Å². The second-order valence-corrected chi connectivity index (χ2v) is 3.27. The first-order valence-electron chi connectivity index (χ1n) is 4.26. The van der Waals surface area contributed by atoms with Gasteiger partial charge in [-0.3, -0.25) is 0 Å². The van der Waals surface area contributed by atoms with Gasteiger partial charge in [-0.2, -0.15) is 5.26 Å². The predicted octanol–water partition coefficient (Wildman–Crippen LogP) is 2.73. The van der Waals surface area contributed by atoms with E-state index in [0.717, 1.165) is 18.8 Å². The molecule has 1 saturated carbocycles. The zero-order valence-electron chi connectivity index (χ0n) is 6.64. The molecule has 1 nitrogen and oxygen atoms in total. The molecule has 1 aliphatic carbocycles. The summed E-state index contributed by atoms with van der Waals surface area (Å²) in [6.45, 7) is 2.23. The van der Waals surface area contributed by atoms with Crippen LogP contribution in [0.3, 0.4) is 0 Å². The molecule has 0 aromatic carbocycles. The minimum atomic E-state index is 0.374. The lowest BCUT2D eigenvalue weighted by atomic mass is 9.81. The molecule has 0 N–H and O–H groups in total. The molecule has 0 radical (unpaired) electrons. The van der Waals surface area contributed by atoms with Crippen molar-refractivity contribution in [1.29, 1.82) is 5.26 Å². The second-order valence-electron chi connectivity index (χ2n) is 3.27. The van der Waals surface area contributed by atoms with Gasteiger partial charge in [0.05, 0.1) is 6.07 Å². The van der Waals surface area contributed by atoms with Gasteiger partial charge < -0.3 is 0 Å². The van der Waals surface area contributed by atoms with Crippen LogP contribution in [0.4, 0.5) is 0 Å². The SMILES string of the molecule is CCC1CCC[C@@H](C#N)C1. The molecule has 0 aromatic rings. The van der Waals surface area contributed by atoms with E-state index in [9.17, 15) is 0 Å². The van der Waals surface area contributed by atoms with Gasteiger partial charge in [0.25, 0.3) is 0 Å². The van der Waals surface area contributed by atoms with Gasteiger partial charge in [-0.25, -0.2) is 0 Å². The van der Waals surface area contributed by atoms with E-state index in [1.54, 1.807) is 0 Å². The first kappa shape index (κ1) is 7.60. The van der Waals surface area contributed by atoms with E-state index in [4.69, 9.17) is 5.26 Å². The van der Waals surface area contributed by atoms with Gasteiger partial charge in [0.1, 0.15) is 0 Å². The van der Waals surface area contributed by atoms with E-state index in [1.165, 1.54) is 19.3 Å². The Morgan fingerprint density at radius 2 is 2.30 bits per heavy atom. The lowest BCUT2D eigenvalue weighted by Gasteiger charge is -2.23. The molecule has 0 heterocycles. The minimum Gasteiger partial charge on any atom is -0.198 e. The van der Waals surface area contributed by atoms with Crippen LogP contribution in [0, 0.1) is 23.2 Å². The predicted molar refractivity (Wildman–Crippen MR) is 41.4 cm³/mol. The molecule has 1 aliphatic rings. The number of hydrogen-bond acceptors (Lipinski definition) is 1. The van der Waals surface area contributed by atoms with Crippen LogP contribution in [-0.4, -0.2) is 0 Å². The highest BCUT2D eigenvalue weighted by molar-refractivity contribution is 4.87. The van der Waals surface area contributed by atoms with Crippen LogP contribution in [0.2, 0.25) is 0 Å². The Morgan fingerprint density at radius 3 is 2.90 bits per heavy atom. The van der Waals surface area contributed by atoms with Crippen LogP contribution >= 0.6 is 0 Å². The zero-order chi connectivity index (χ0) is 7.40. The van der Waals surface area contributed by atoms with Gasteiger partial charge >= 0.3 is 0 Å². The molecular weight excluding hydrogens is 122 g/mol. The van der Waals surface area contributed by atoms with Crippen LogP contribution < -0.4 is 0 Å². The maximum Gasteiger partial charge on any atom is 0.0655 e. The molecule has 1 fully saturated rings. The molecule has 0 spiro atoms. The molecule has 1 rings (SSSR count). The van der Waals surface area contributed by atoms with Gasteiger partial charge in [0, 0.05) is 5.92 Å². The Labute approximate surface area is 63.0 Å². The maximum atomic E-state index is 8.65. The topological polar surface area (TPSA) is 23.8 Å². The standard InChI is InChI=1S/C9H15N/c1-2-8-4-3-5-9(6-8)7-10/h8-9H,2-6H2,1H3/t8?,9-/m1/s1. The summed E-state index contributed by atoms with van der Waals surface area (Å²) in [5.41, 5.74) is 0. The fourth-order valence-corrected chi connectivity index (χ4v) is 1.78. The first-order chi connectivity index (χ1) is 4.86. The van der Waals surface area contributed by atoms with Crippen molar-refractivity contribution in [3.8, 4) is 6.07 Å². The van der Waals surface area contributed by atoms with E-state index >= 15 is 0 Å². The molecular formula is C9H15N. The summed E-state index contributed by atoms with van der Waals surface area (Å²) >= 11 is 0. The molecule has 0 aromatic heterocycles. The molecule has 0 saturated heterocycles. The minimum absolute atomic E-state index is 0.374. The summed E-state index contributed by atoms with van der Waals surface area (Å²) < 4.78 is 0. The molecule has 10 heavy (non-hydrogen) atoms. The normalized spacial score (nSPS) is 33.2. The van der Waals surface area contributed by atoms with Crippen LogP contribution in [0.1, 0.15) is 39.0 Å². The Balaban J connectivity index is 2.33.